The fourth-order valence-electron chi connectivity index (χ4n) is 1.86. The molecule has 0 fully saturated rings. The van der Waals surface area contributed by atoms with E-state index in [1.165, 1.54) is 0 Å². The molecular formula is C13H14Cl2N4S. The molecule has 0 radical (unpaired) electrons. The van der Waals surface area contributed by atoms with Crippen LogP contribution in [0.1, 0.15) is 11.4 Å². The second-order valence-corrected chi connectivity index (χ2v) is 5.69. The molecule has 1 aromatic heterocycles. The number of nitrogens with one attached hydrogen (secondary N) is 2. The molecule has 4 nitrogen and oxygen atoms in total. The van der Waals surface area contributed by atoms with Crippen LogP contribution in [0.2, 0.25) is 10.0 Å². The van der Waals surface area contributed by atoms with Gasteiger partial charge in [0.05, 0.1) is 17.1 Å². The number of thiocarbonyl (C=S) groups is 1. The van der Waals surface area contributed by atoms with E-state index >= 15 is 0 Å². The van der Waals surface area contributed by atoms with Crippen LogP contribution in [0.4, 0.5) is 11.4 Å². The first-order valence-electron chi connectivity index (χ1n) is 5.91. The lowest BCUT2D eigenvalue weighted by molar-refractivity contribution is 0.731. The van der Waals surface area contributed by atoms with E-state index in [1.807, 2.05) is 20.9 Å². The Hall–Kier alpha value is -1.30. The van der Waals surface area contributed by atoms with Crippen LogP contribution in [0.5, 0.6) is 0 Å². The third-order valence-electron chi connectivity index (χ3n) is 2.87. The summed E-state index contributed by atoms with van der Waals surface area (Å²) in [6.07, 6.45) is 0. The number of rotatable bonds is 2. The van der Waals surface area contributed by atoms with Crippen molar-refractivity contribution in [3.05, 3.63) is 39.6 Å². The number of halogens is 2. The summed E-state index contributed by atoms with van der Waals surface area (Å²) in [4.78, 5) is 0. The van der Waals surface area contributed by atoms with Gasteiger partial charge in [-0.05, 0) is 44.3 Å². The van der Waals surface area contributed by atoms with Gasteiger partial charge in [0, 0.05) is 22.8 Å². The fourth-order valence-corrected chi connectivity index (χ4v) is 2.60. The Labute approximate surface area is 133 Å². The average molecular weight is 329 g/mol. The van der Waals surface area contributed by atoms with E-state index in [9.17, 15) is 0 Å². The van der Waals surface area contributed by atoms with Crippen molar-refractivity contribution in [2.24, 2.45) is 7.05 Å². The zero-order valence-electron chi connectivity index (χ0n) is 11.3. The van der Waals surface area contributed by atoms with Gasteiger partial charge >= 0.3 is 0 Å². The number of aromatic nitrogens is 2. The van der Waals surface area contributed by atoms with Gasteiger partial charge in [-0.25, -0.2) is 0 Å². The van der Waals surface area contributed by atoms with Gasteiger partial charge in [0.1, 0.15) is 0 Å². The van der Waals surface area contributed by atoms with Gasteiger partial charge in [-0.15, -0.1) is 0 Å². The molecule has 0 bridgehead atoms. The van der Waals surface area contributed by atoms with Crippen molar-refractivity contribution in [3.8, 4) is 0 Å². The van der Waals surface area contributed by atoms with E-state index in [2.05, 4.69) is 15.7 Å². The molecule has 0 amide bonds. The predicted molar refractivity (Wildman–Crippen MR) is 89.0 cm³/mol. The van der Waals surface area contributed by atoms with Gasteiger partial charge in [0.25, 0.3) is 0 Å². The molecular weight excluding hydrogens is 315 g/mol. The smallest absolute Gasteiger partial charge is 0.175 e. The van der Waals surface area contributed by atoms with E-state index in [1.54, 1.807) is 22.9 Å². The molecule has 20 heavy (non-hydrogen) atoms. The third kappa shape index (κ3) is 3.42. The van der Waals surface area contributed by atoms with Crippen LogP contribution in [0.3, 0.4) is 0 Å². The maximum absolute atomic E-state index is 5.95. The maximum atomic E-state index is 5.95. The van der Waals surface area contributed by atoms with Gasteiger partial charge in [-0.3, -0.25) is 4.68 Å². The summed E-state index contributed by atoms with van der Waals surface area (Å²) in [6, 6.07) is 5.18. The maximum Gasteiger partial charge on any atom is 0.175 e. The highest BCUT2D eigenvalue weighted by molar-refractivity contribution is 7.80. The highest BCUT2D eigenvalue weighted by atomic mass is 35.5. The van der Waals surface area contributed by atoms with Gasteiger partial charge < -0.3 is 10.6 Å². The van der Waals surface area contributed by atoms with Crippen LogP contribution < -0.4 is 10.6 Å². The number of hydrogen-bond donors (Lipinski definition) is 2. The summed E-state index contributed by atoms with van der Waals surface area (Å²) in [6.45, 7) is 3.90. The molecule has 0 atom stereocenters. The van der Waals surface area contributed by atoms with E-state index in [0.29, 0.717) is 15.2 Å². The quantitative estimate of drug-likeness (QED) is 0.812. The standard InChI is InChI=1S/C13H14Cl2N4S/c1-7-12(8(2)19(3)18-7)17-13(20)16-11-5-9(14)4-10(15)6-11/h4-6H,1-3H3,(H2,16,17,20). The van der Waals surface area contributed by atoms with Crippen LogP contribution >= 0.6 is 35.4 Å². The van der Waals surface area contributed by atoms with E-state index in [-0.39, 0.29) is 0 Å². The van der Waals surface area contributed by atoms with Crippen LogP contribution in [-0.2, 0) is 7.05 Å². The van der Waals surface area contributed by atoms with Crippen molar-refractivity contribution >= 4 is 51.9 Å². The van der Waals surface area contributed by atoms with Crippen molar-refractivity contribution in [1.29, 1.82) is 0 Å². The largest absolute Gasteiger partial charge is 0.332 e. The Bertz CT molecular complexity index is 646. The lowest BCUT2D eigenvalue weighted by Gasteiger charge is -2.11. The first kappa shape index (κ1) is 15.1. The van der Waals surface area contributed by atoms with Crippen LogP contribution in [0.25, 0.3) is 0 Å². The topological polar surface area (TPSA) is 41.9 Å². The molecule has 0 saturated carbocycles. The van der Waals surface area contributed by atoms with Crippen molar-refractivity contribution in [2.45, 2.75) is 13.8 Å². The minimum absolute atomic E-state index is 0.461. The van der Waals surface area contributed by atoms with Crippen molar-refractivity contribution in [2.75, 3.05) is 10.6 Å². The molecule has 2 N–H and O–H groups in total. The third-order valence-corrected chi connectivity index (χ3v) is 3.51. The van der Waals surface area contributed by atoms with E-state index in [4.69, 9.17) is 35.4 Å². The fraction of sp³-hybridized carbons (Fsp3) is 0.231. The second-order valence-electron chi connectivity index (χ2n) is 4.41. The highest BCUT2D eigenvalue weighted by Gasteiger charge is 2.10. The van der Waals surface area contributed by atoms with Gasteiger partial charge in [-0.2, -0.15) is 5.10 Å². The van der Waals surface area contributed by atoms with Gasteiger partial charge in [-0.1, -0.05) is 23.2 Å². The van der Waals surface area contributed by atoms with Crippen molar-refractivity contribution in [1.82, 2.24) is 9.78 Å². The lowest BCUT2D eigenvalue weighted by atomic mass is 10.3. The molecule has 2 aromatic rings. The molecule has 0 aliphatic heterocycles. The normalized spacial score (nSPS) is 10.4. The predicted octanol–water partition coefficient (Wildman–Crippen LogP) is 4.15. The molecule has 2 rings (SSSR count). The number of benzene rings is 1. The summed E-state index contributed by atoms with van der Waals surface area (Å²) < 4.78 is 1.80. The highest BCUT2D eigenvalue weighted by Crippen LogP contribution is 2.23. The number of nitrogens with zero attached hydrogens (tertiary/aromatic N) is 2. The molecule has 106 valence electrons. The summed E-state index contributed by atoms with van der Waals surface area (Å²) in [7, 11) is 1.89. The first-order chi connectivity index (χ1) is 9.36. The molecule has 0 aliphatic rings. The number of aryl methyl sites for hydroxylation is 2. The SMILES string of the molecule is Cc1nn(C)c(C)c1NC(=S)Nc1cc(Cl)cc(Cl)c1. The second kappa shape index (κ2) is 5.99. The van der Waals surface area contributed by atoms with Gasteiger partial charge in [0.2, 0.25) is 0 Å². The molecule has 1 heterocycles. The van der Waals surface area contributed by atoms with Gasteiger partial charge in [0.15, 0.2) is 5.11 Å². The zero-order valence-corrected chi connectivity index (χ0v) is 13.6. The summed E-state index contributed by atoms with van der Waals surface area (Å²) in [5.41, 5.74) is 3.53. The number of hydrogen-bond acceptors (Lipinski definition) is 2. The minimum Gasteiger partial charge on any atom is -0.332 e. The van der Waals surface area contributed by atoms with Crippen LogP contribution in [-0.4, -0.2) is 14.9 Å². The summed E-state index contributed by atoms with van der Waals surface area (Å²) >= 11 is 17.2. The molecule has 1 aromatic carbocycles. The Morgan fingerprint density at radius 3 is 2.25 bits per heavy atom. The Balaban J connectivity index is 2.13. The number of anilines is 2. The molecule has 0 saturated heterocycles. The van der Waals surface area contributed by atoms with Crippen LogP contribution in [0.15, 0.2) is 18.2 Å². The minimum atomic E-state index is 0.461. The molecule has 0 unspecified atom stereocenters. The van der Waals surface area contributed by atoms with Crippen LogP contribution in [0, 0.1) is 13.8 Å². The Morgan fingerprint density at radius 1 is 1.15 bits per heavy atom. The molecule has 7 heteroatoms. The molecule has 0 spiro atoms. The Morgan fingerprint density at radius 2 is 1.75 bits per heavy atom. The zero-order chi connectivity index (χ0) is 14.9. The monoisotopic (exact) mass is 328 g/mol. The van der Waals surface area contributed by atoms with Crippen molar-refractivity contribution in [3.63, 3.8) is 0 Å². The summed E-state index contributed by atoms with van der Waals surface area (Å²) in [5.74, 6) is 0. The lowest BCUT2D eigenvalue weighted by Crippen LogP contribution is -2.19. The average Bonchev–Trinajstić information content (AvgIpc) is 2.54. The first-order valence-corrected chi connectivity index (χ1v) is 7.07. The van der Waals surface area contributed by atoms with E-state index < -0.39 is 0 Å². The van der Waals surface area contributed by atoms with E-state index in [0.717, 1.165) is 22.8 Å². The Kier molecular flexibility index (Phi) is 4.52. The van der Waals surface area contributed by atoms with Crippen molar-refractivity contribution < 1.29 is 0 Å². The summed E-state index contributed by atoms with van der Waals surface area (Å²) in [5, 5.41) is 12.1. The molecule has 0 aliphatic carbocycles.